The van der Waals surface area contributed by atoms with E-state index >= 15 is 0 Å². The average Bonchev–Trinajstić information content (AvgIpc) is 3.04. The van der Waals surface area contributed by atoms with Crippen molar-refractivity contribution in [2.75, 3.05) is 19.8 Å². The summed E-state index contributed by atoms with van der Waals surface area (Å²) in [5.41, 5.74) is 0.674. The molecular formula is C24H20INO5S. The molecule has 6 nitrogen and oxygen atoms in total. The van der Waals surface area contributed by atoms with Gasteiger partial charge in [0.1, 0.15) is 12.4 Å². The predicted octanol–water partition coefficient (Wildman–Crippen LogP) is 5.66. The maximum absolute atomic E-state index is 12.8. The lowest BCUT2D eigenvalue weighted by atomic mass is 10.1. The molecule has 0 atom stereocenters. The highest BCUT2D eigenvalue weighted by Crippen LogP contribution is 2.36. The lowest BCUT2D eigenvalue weighted by Gasteiger charge is -2.14. The number of nitrogens with zero attached hydrogens (tertiary/aromatic N) is 1. The molecule has 1 aliphatic rings. The predicted molar refractivity (Wildman–Crippen MR) is 134 cm³/mol. The molecule has 1 heterocycles. The smallest absolute Gasteiger partial charge is 0.293 e. The lowest BCUT2D eigenvalue weighted by Crippen LogP contribution is -2.32. The van der Waals surface area contributed by atoms with E-state index in [-0.39, 0.29) is 30.0 Å². The van der Waals surface area contributed by atoms with Crippen molar-refractivity contribution >= 4 is 62.3 Å². The minimum atomic E-state index is -0.359. The molecule has 3 aromatic rings. The van der Waals surface area contributed by atoms with E-state index < -0.39 is 0 Å². The summed E-state index contributed by atoms with van der Waals surface area (Å²) in [6, 6.07) is 17.1. The number of phenols is 1. The molecule has 0 unspecified atom stereocenters. The largest absolute Gasteiger partial charge is 0.504 e. The normalized spacial score (nSPS) is 15.1. The van der Waals surface area contributed by atoms with Crippen LogP contribution in [0.2, 0.25) is 0 Å². The number of hydrogen-bond donors (Lipinski definition) is 1. The van der Waals surface area contributed by atoms with Crippen molar-refractivity contribution in [3.8, 4) is 17.2 Å². The Balaban J connectivity index is 1.46. The zero-order valence-electron chi connectivity index (χ0n) is 17.2. The molecule has 1 aliphatic heterocycles. The van der Waals surface area contributed by atoms with Crippen LogP contribution >= 0.6 is 34.4 Å². The van der Waals surface area contributed by atoms with Crippen LogP contribution in [0, 0.1) is 3.57 Å². The summed E-state index contributed by atoms with van der Waals surface area (Å²) in [5, 5.41) is 11.8. The number of phenolic OH excluding ortho intramolecular Hbond substituents is 1. The van der Waals surface area contributed by atoms with Crippen LogP contribution in [-0.4, -0.2) is 40.9 Å². The summed E-state index contributed by atoms with van der Waals surface area (Å²) in [6.45, 7) is 2.58. The number of amides is 2. The Bertz CT molecular complexity index is 1220. The number of halogens is 1. The van der Waals surface area contributed by atoms with Crippen molar-refractivity contribution in [3.63, 3.8) is 0 Å². The quantitative estimate of drug-likeness (QED) is 0.296. The molecule has 1 fully saturated rings. The summed E-state index contributed by atoms with van der Waals surface area (Å²) in [6.07, 6.45) is 1.64. The number of ether oxygens (including phenoxy) is 2. The number of carbonyl (C=O) groups is 2. The van der Waals surface area contributed by atoms with Gasteiger partial charge >= 0.3 is 0 Å². The van der Waals surface area contributed by atoms with Crippen LogP contribution in [-0.2, 0) is 4.79 Å². The molecule has 32 heavy (non-hydrogen) atoms. The number of carbonyl (C=O) groups excluding carboxylic acids is 2. The number of benzene rings is 3. The van der Waals surface area contributed by atoms with E-state index in [0.717, 1.165) is 22.5 Å². The maximum Gasteiger partial charge on any atom is 0.293 e. The molecule has 164 valence electrons. The molecule has 0 aliphatic carbocycles. The van der Waals surface area contributed by atoms with Gasteiger partial charge in [-0.1, -0.05) is 36.4 Å². The number of aromatic hydroxyl groups is 1. The third-order valence-corrected chi connectivity index (χ3v) is 6.57. The fraction of sp³-hybridized carbons (Fsp3) is 0.167. The van der Waals surface area contributed by atoms with E-state index in [2.05, 4.69) is 0 Å². The van der Waals surface area contributed by atoms with Gasteiger partial charge in [0, 0.05) is 5.39 Å². The molecule has 0 bridgehead atoms. The van der Waals surface area contributed by atoms with Gasteiger partial charge in [-0.25, -0.2) is 0 Å². The summed E-state index contributed by atoms with van der Waals surface area (Å²) in [7, 11) is 0. The monoisotopic (exact) mass is 561 g/mol. The molecule has 0 spiro atoms. The van der Waals surface area contributed by atoms with Gasteiger partial charge < -0.3 is 14.6 Å². The van der Waals surface area contributed by atoms with Gasteiger partial charge in [0.2, 0.25) is 0 Å². The summed E-state index contributed by atoms with van der Waals surface area (Å²) in [5.74, 6) is 0.756. The third-order valence-electron chi connectivity index (χ3n) is 4.84. The van der Waals surface area contributed by atoms with Crippen molar-refractivity contribution in [1.29, 1.82) is 0 Å². The van der Waals surface area contributed by atoms with E-state index in [9.17, 15) is 14.7 Å². The van der Waals surface area contributed by atoms with Crippen molar-refractivity contribution in [1.82, 2.24) is 4.90 Å². The molecule has 3 aromatic carbocycles. The molecule has 8 heteroatoms. The van der Waals surface area contributed by atoms with Crippen molar-refractivity contribution in [2.45, 2.75) is 6.92 Å². The first-order valence-corrected chi connectivity index (χ1v) is 11.9. The fourth-order valence-electron chi connectivity index (χ4n) is 3.36. The lowest BCUT2D eigenvalue weighted by molar-refractivity contribution is -0.123. The standard InChI is InChI=1S/C24H20INO5S/c1-2-30-20-13-15(12-18(25)22(20)27)14-21-23(28)26(24(29)32-21)10-11-31-19-9-5-7-16-6-3-4-8-17(16)19/h3-9,12-14,27H,2,10-11H2,1H3/b21-14-. The van der Waals surface area contributed by atoms with Crippen LogP contribution in [0.15, 0.2) is 59.5 Å². The van der Waals surface area contributed by atoms with Gasteiger partial charge in [-0.3, -0.25) is 14.5 Å². The first-order chi connectivity index (χ1) is 15.5. The molecule has 1 N–H and O–H groups in total. The molecular weight excluding hydrogens is 541 g/mol. The van der Waals surface area contributed by atoms with Crippen LogP contribution in [0.25, 0.3) is 16.8 Å². The molecule has 0 saturated carbocycles. The second-order valence-corrected chi connectivity index (χ2v) is 9.10. The Morgan fingerprint density at radius 1 is 1.06 bits per heavy atom. The van der Waals surface area contributed by atoms with Gasteiger partial charge in [0.15, 0.2) is 11.5 Å². The van der Waals surface area contributed by atoms with Gasteiger partial charge in [0.25, 0.3) is 11.1 Å². The Labute approximate surface area is 203 Å². The molecule has 0 radical (unpaired) electrons. The van der Waals surface area contributed by atoms with Crippen LogP contribution in [0.3, 0.4) is 0 Å². The van der Waals surface area contributed by atoms with Crippen LogP contribution in [0.4, 0.5) is 4.79 Å². The van der Waals surface area contributed by atoms with E-state index in [0.29, 0.717) is 32.1 Å². The minimum absolute atomic E-state index is 0.0586. The zero-order valence-corrected chi connectivity index (χ0v) is 20.2. The van der Waals surface area contributed by atoms with Gasteiger partial charge in [0.05, 0.1) is 21.6 Å². The van der Waals surface area contributed by atoms with Crippen molar-refractivity contribution in [2.24, 2.45) is 0 Å². The SMILES string of the molecule is CCOc1cc(/C=C2\SC(=O)N(CCOc3cccc4ccccc34)C2=O)cc(I)c1O. The molecule has 0 aromatic heterocycles. The Morgan fingerprint density at radius 3 is 2.66 bits per heavy atom. The van der Waals surface area contributed by atoms with E-state index in [1.54, 1.807) is 18.2 Å². The fourth-order valence-corrected chi connectivity index (χ4v) is 4.85. The van der Waals surface area contributed by atoms with Gasteiger partial charge in [-0.2, -0.15) is 0 Å². The first-order valence-electron chi connectivity index (χ1n) is 9.99. The molecule has 2 amide bonds. The summed E-state index contributed by atoms with van der Waals surface area (Å²) in [4.78, 5) is 26.8. The van der Waals surface area contributed by atoms with Crippen LogP contribution in [0.1, 0.15) is 12.5 Å². The second kappa shape index (κ2) is 9.83. The number of rotatable bonds is 7. The van der Waals surface area contributed by atoms with Crippen molar-refractivity contribution in [3.05, 3.63) is 68.6 Å². The highest BCUT2D eigenvalue weighted by atomic mass is 127. The van der Waals surface area contributed by atoms with E-state index in [4.69, 9.17) is 9.47 Å². The Hall–Kier alpha value is -2.72. The zero-order chi connectivity index (χ0) is 22.7. The molecule has 4 rings (SSSR count). The number of thioether (sulfide) groups is 1. The topological polar surface area (TPSA) is 76.1 Å². The summed E-state index contributed by atoms with van der Waals surface area (Å²) < 4.78 is 11.9. The van der Waals surface area contributed by atoms with Crippen molar-refractivity contribution < 1.29 is 24.2 Å². The van der Waals surface area contributed by atoms with E-state index in [1.807, 2.05) is 72.0 Å². The van der Waals surface area contributed by atoms with Crippen LogP contribution < -0.4 is 9.47 Å². The Kier molecular flexibility index (Phi) is 6.90. The Morgan fingerprint density at radius 2 is 1.84 bits per heavy atom. The third kappa shape index (κ3) is 4.71. The number of hydrogen-bond acceptors (Lipinski definition) is 6. The average molecular weight is 561 g/mol. The summed E-state index contributed by atoms with van der Waals surface area (Å²) >= 11 is 2.89. The molecule has 1 saturated heterocycles. The number of fused-ring (bicyclic) bond motifs is 1. The maximum atomic E-state index is 12.8. The van der Waals surface area contributed by atoms with Gasteiger partial charge in [-0.05, 0) is 76.5 Å². The van der Waals surface area contributed by atoms with Crippen LogP contribution in [0.5, 0.6) is 17.2 Å². The highest BCUT2D eigenvalue weighted by molar-refractivity contribution is 14.1. The second-order valence-electron chi connectivity index (χ2n) is 6.94. The highest BCUT2D eigenvalue weighted by Gasteiger charge is 2.35. The number of imide groups is 1. The van der Waals surface area contributed by atoms with Gasteiger partial charge in [-0.15, -0.1) is 0 Å². The first kappa shape index (κ1) is 22.5. The minimum Gasteiger partial charge on any atom is -0.504 e. The van der Waals surface area contributed by atoms with E-state index in [1.165, 1.54) is 4.90 Å².